The summed E-state index contributed by atoms with van der Waals surface area (Å²) in [6.45, 7) is 1.97. The third-order valence-electron chi connectivity index (χ3n) is 3.46. The molecule has 0 atom stereocenters. The van der Waals surface area contributed by atoms with Crippen LogP contribution >= 0.6 is 12.2 Å². The Hall–Kier alpha value is -3.29. The maximum absolute atomic E-state index is 11.6. The SMILES string of the molecule is CCOC(=O)c1ccc(NC(=S)NNc2ccc(S(N)(=O)=O)cc2[N+](=O)[O-])cc1. The number of nitrogens with zero attached hydrogens (tertiary/aromatic N) is 1. The van der Waals surface area contributed by atoms with E-state index in [2.05, 4.69) is 16.2 Å². The predicted octanol–water partition coefficient (Wildman–Crippen LogP) is 1.73. The topological polar surface area (TPSA) is 166 Å². The smallest absolute Gasteiger partial charge is 0.338 e. The molecule has 13 heteroatoms. The Kier molecular flexibility index (Phi) is 7.03. The number of esters is 1. The number of rotatable bonds is 7. The number of anilines is 2. The number of hydrazine groups is 1. The Morgan fingerprint density at radius 3 is 2.45 bits per heavy atom. The molecule has 0 aliphatic carbocycles. The Labute approximate surface area is 171 Å². The first-order valence-electron chi connectivity index (χ1n) is 8.03. The van der Waals surface area contributed by atoms with Crippen LogP contribution in [-0.4, -0.2) is 31.0 Å². The van der Waals surface area contributed by atoms with Crippen LogP contribution in [0.15, 0.2) is 47.4 Å². The summed E-state index contributed by atoms with van der Waals surface area (Å²) in [4.78, 5) is 21.7. The number of nitro benzene ring substituents is 1. The summed E-state index contributed by atoms with van der Waals surface area (Å²) >= 11 is 5.09. The second-order valence-corrected chi connectivity index (χ2v) is 7.45. The van der Waals surface area contributed by atoms with Crippen LogP contribution in [0.1, 0.15) is 17.3 Å². The van der Waals surface area contributed by atoms with E-state index in [1.807, 2.05) is 0 Å². The Balaban J connectivity index is 2.04. The molecular weight excluding hydrogens is 422 g/mol. The summed E-state index contributed by atoms with van der Waals surface area (Å²) in [5.74, 6) is -0.448. The number of primary sulfonamides is 1. The second-order valence-electron chi connectivity index (χ2n) is 5.48. The van der Waals surface area contributed by atoms with Crippen molar-refractivity contribution in [1.29, 1.82) is 0 Å². The van der Waals surface area contributed by atoms with E-state index in [0.29, 0.717) is 11.3 Å². The van der Waals surface area contributed by atoms with Gasteiger partial charge < -0.3 is 10.1 Å². The lowest BCUT2D eigenvalue weighted by Crippen LogP contribution is -2.33. The Morgan fingerprint density at radius 2 is 1.90 bits per heavy atom. The summed E-state index contributed by atoms with van der Waals surface area (Å²) in [6.07, 6.45) is 0. The van der Waals surface area contributed by atoms with Crippen LogP contribution in [0.25, 0.3) is 0 Å². The second kappa shape index (κ2) is 9.27. The van der Waals surface area contributed by atoms with E-state index >= 15 is 0 Å². The van der Waals surface area contributed by atoms with Gasteiger partial charge in [0.1, 0.15) is 5.69 Å². The molecule has 5 N–H and O–H groups in total. The van der Waals surface area contributed by atoms with Crippen LogP contribution in [0, 0.1) is 10.1 Å². The molecule has 0 heterocycles. The van der Waals surface area contributed by atoms with E-state index < -0.39 is 31.5 Å². The van der Waals surface area contributed by atoms with Gasteiger partial charge >= 0.3 is 5.97 Å². The van der Waals surface area contributed by atoms with E-state index in [1.54, 1.807) is 31.2 Å². The molecule has 0 spiro atoms. The number of hydrogen-bond donors (Lipinski definition) is 4. The molecule has 0 fully saturated rings. The highest BCUT2D eigenvalue weighted by Crippen LogP contribution is 2.26. The molecule has 29 heavy (non-hydrogen) atoms. The van der Waals surface area contributed by atoms with Crippen molar-refractivity contribution >= 4 is 50.4 Å². The highest BCUT2D eigenvalue weighted by molar-refractivity contribution is 7.89. The van der Waals surface area contributed by atoms with Gasteiger partial charge in [-0.2, -0.15) is 0 Å². The number of sulfonamides is 1. The van der Waals surface area contributed by atoms with Gasteiger partial charge in [-0.1, -0.05) is 0 Å². The third kappa shape index (κ3) is 6.10. The molecule has 0 aliphatic heterocycles. The zero-order valence-corrected chi connectivity index (χ0v) is 16.7. The van der Waals surface area contributed by atoms with Crippen LogP contribution in [0.3, 0.4) is 0 Å². The standard InChI is InChI=1S/C16H17N5O6S2/c1-2-27-15(22)10-3-5-11(6-4-10)18-16(28)20-19-13-8-7-12(29(17,25)26)9-14(13)21(23)24/h3-9,19H,2H2,1H3,(H2,17,25,26)(H2,18,20,28). The molecule has 0 amide bonds. The van der Waals surface area contributed by atoms with Crippen molar-refractivity contribution in [3.63, 3.8) is 0 Å². The van der Waals surface area contributed by atoms with Crippen molar-refractivity contribution in [3.05, 3.63) is 58.1 Å². The largest absolute Gasteiger partial charge is 0.462 e. The zero-order valence-electron chi connectivity index (χ0n) is 15.0. The first-order valence-corrected chi connectivity index (χ1v) is 9.98. The highest BCUT2D eigenvalue weighted by Gasteiger charge is 2.19. The van der Waals surface area contributed by atoms with Gasteiger partial charge in [0, 0.05) is 11.8 Å². The van der Waals surface area contributed by atoms with Crippen molar-refractivity contribution in [2.24, 2.45) is 5.14 Å². The van der Waals surface area contributed by atoms with Crippen molar-refractivity contribution in [3.8, 4) is 0 Å². The number of carbonyl (C=O) groups excluding carboxylic acids is 1. The molecule has 0 bridgehead atoms. The van der Waals surface area contributed by atoms with E-state index in [1.165, 1.54) is 6.07 Å². The number of nitro groups is 1. The molecule has 0 saturated carbocycles. The van der Waals surface area contributed by atoms with E-state index in [4.69, 9.17) is 22.1 Å². The number of hydrogen-bond acceptors (Lipinski definition) is 8. The Morgan fingerprint density at radius 1 is 1.24 bits per heavy atom. The number of carbonyl (C=O) groups is 1. The number of thiocarbonyl (C=S) groups is 1. The van der Waals surface area contributed by atoms with Gasteiger partial charge in [-0.25, -0.2) is 18.4 Å². The van der Waals surface area contributed by atoms with Crippen molar-refractivity contribution in [2.45, 2.75) is 11.8 Å². The monoisotopic (exact) mass is 439 g/mol. The van der Waals surface area contributed by atoms with Crippen molar-refractivity contribution in [2.75, 3.05) is 17.3 Å². The summed E-state index contributed by atoms with van der Waals surface area (Å²) in [6, 6.07) is 9.44. The minimum absolute atomic E-state index is 0.0239. The van der Waals surface area contributed by atoms with Crippen LogP contribution in [-0.2, 0) is 14.8 Å². The fraction of sp³-hybridized carbons (Fsp3) is 0.125. The molecule has 0 aliphatic rings. The van der Waals surface area contributed by atoms with Gasteiger partial charge in [-0.3, -0.25) is 21.0 Å². The van der Waals surface area contributed by atoms with E-state index in [9.17, 15) is 23.3 Å². The predicted molar refractivity (Wildman–Crippen MR) is 110 cm³/mol. The number of nitrogens with one attached hydrogen (secondary N) is 3. The zero-order chi connectivity index (χ0) is 21.6. The number of ether oxygens (including phenoxy) is 1. The molecule has 0 radical (unpaired) electrons. The van der Waals surface area contributed by atoms with Crippen LogP contribution in [0.4, 0.5) is 17.1 Å². The van der Waals surface area contributed by atoms with Gasteiger partial charge in [0.25, 0.3) is 5.69 Å². The molecule has 0 aromatic heterocycles. The fourth-order valence-corrected chi connectivity index (χ4v) is 2.84. The molecule has 11 nitrogen and oxygen atoms in total. The van der Waals surface area contributed by atoms with Gasteiger partial charge in [0.05, 0.1) is 22.0 Å². The van der Waals surface area contributed by atoms with Crippen molar-refractivity contribution in [1.82, 2.24) is 5.43 Å². The van der Waals surface area contributed by atoms with Gasteiger partial charge in [-0.15, -0.1) is 0 Å². The molecule has 2 aromatic carbocycles. The molecule has 2 rings (SSSR count). The quantitative estimate of drug-likeness (QED) is 0.216. The van der Waals surface area contributed by atoms with Gasteiger partial charge in [-0.05, 0) is 55.5 Å². The summed E-state index contributed by atoms with van der Waals surface area (Å²) in [7, 11) is -4.08. The maximum atomic E-state index is 11.6. The molecular formula is C16H17N5O6S2. The van der Waals surface area contributed by atoms with Gasteiger partial charge in [0.2, 0.25) is 10.0 Å². The number of benzene rings is 2. The maximum Gasteiger partial charge on any atom is 0.338 e. The minimum atomic E-state index is -4.08. The summed E-state index contributed by atoms with van der Waals surface area (Å²) < 4.78 is 27.6. The van der Waals surface area contributed by atoms with Crippen LogP contribution in [0.5, 0.6) is 0 Å². The molecule has 0 saturated heterocycles. The molecule has 154 valence electrons. The Bertz CT molecular complexity index is 1040. The van der Waals surface area contributed by atoms with Crippen LogP contribution < -0.4 is 21.3 Å². The summed E-state index contributed by atoms with van der Waals surface area (Å²) in [5.41, 5.74) is 5.48. The lowest BCUT2D eigenvalue weighted by Gasteiger charge is -2.13. The minimum Gasteiger partial charge on any atom is -0.462 e. The van der Waals surface area contributed by atoms with Crippen molar-refractivity contribution < 1.29 is 22.9 Å². The highest BCUT2D eigenvalue weighted by atomic mass is 32.2. The van der Waals surface area contributed by atoms with E-state index in [0.717, 1.165) is 12.1 Å². The molecule has 2 aromatic rings. The first-order chi connectivity index (χ1) is 13.6. The first kappa shape index (κ1) is 22.0. The average Bonchev–Trinajstić information content (AvgIpc) is 2.66. The fourth-order valence-electron chi connectivity index (χ4n) is 2.14. The lowest BCUT2D eigenvalue weighted by molar-refractivity contribution is -0.384. The molecule has 0 unspecified atom stereocenters. The summed E-state index contributed by atoms with van der Waals surface area (Å²) in [5, 5.41) is 19.1. The number of nitrogens with two attached hydrogens (primary N) is 1. The van der Waals surface area contributed by atoms with E-state index in [-0.39, 0.29) is 17.4 Å². The third-order valence-corrected chi connectivity index (χ3v) is 4.57. The lowest BCUT2D eigenvalue weighted by atomic mass is 10.2. The average molecular weight is 439 g/mol. The normalized spacial score (nSPS) is 10.7. The van der Waals surface area contributed by atoms with Gasteiger partial charge in [0.15, 0.2) is 5.11 Å². The van der Waals surface area contributed by atoms with Crippen LogP contribution in [0.2, 0.25) is 0 Å².